The molecule has 0 unspecified atom stereocenters. The highest BCUT2D eigenvalue weighted by Gasteiger charge is 2.47. The molecule has 0 radical (unpaired) electrons. The molecule has 1 fully saturated rings. The van der Waals surface area contributed by atoms with E-state index in [0.717, 1.165) is 12.0 Å². The lowest BCUT2D eigenvalue weighted by Gasteiger charge is -2.50. The molecule has 0 spiro atoms. The Hall–Kier alpha value is -3.37. The molecule has 0 saturated carbocycles. The van der Waals surface area contributed by atoms with E-state index < -0.39 is 10.0 Å². The number of carbonyl (C=O) groups is 1. The predicted octanol–water partition coefficient (Wildman–Crippen LogP) is 2.73. The lowest BCUT2D eigenvalue weighted by Crippen LogP contribution is -2.62. The summed E-state index contributed by atoms with van der Waals surface area (Å²) >= 11 is 0. The summed E-state index contributed by atoms with van der Waals surface area (Å²) in [4.78, 5) is 17.8. The first-order valence-electron chi connectivity index (χ1n) is 11.5. The van der Waals surface area contributed by atoms with E-state index in [0.29, 0.717) is 25.4 Å². The summed E-state index contributed by atoms with van der Waals surface area (Å²) in [6.07, 6.45) is 3.35. The van der Waals surface area contributed by atoms with E-state index in [2.05, 4.69) is 21.8 Å². The standard InChI is InChI=1S/C25H30N4O5S/c1-3-33-24(30)29-17-25(18-29,15-20-8-5-4-6-9-20)21-10-7-11-22(14-21)34-13-12-27-35(31,32)23-16-28(2)19-26-23/h4-11,14,16,19,27H,3,12-13,15,17-18H2,1-2H3. The summed E-state index contributed by atoms with van der Waals surface area (Å²) in [7, 11) is -1.98. The first-order valence-corrected chi connectivity index (χ1v) is 13.0. The normalized spacial score (nSPS) is 14.9. The Balaban J connectivity index is 1.42. The van der Waals surface area contributed by atoms with Crippen molar-refractivity contribution in [3.8, 4) is 5.75 Å². The van der Waals surface area contributed by atoms with Crippen molar-refractivity contribution in [2.24, 2.45) is 7.05 Å². The number of carbonyl (C=O) groups excluding carboxylic acids is 1. The average Bonchev–Trinajstić information content (AvgIpc) is 3.27. The number of benzene rings is 2. The maximum atomic E-state index is 12.3. The third-order valence-corrected chi connectivity index (χ3v) is 7.31. The molecule has 186 valence electrons. The zero-order chi connectivity index (χ0) is 24.9. The minimum Gasteiger partial charge on any atom is -0.492 e. The number of likely N-dealkylation sites (tertiary alicyclic amines) is 1. The number of nitrogens with one attached hydrogen (secondary N) is 1. The van der Waals surface area contributed by atoms with Gasteiger partial charge >= 0.3 is 6.09 Å². The zero-order valence-electron chi connectivity index (χ0n) is 19.9. The molecule has 9 nitrogen and oxygen atoms in total. The SMILES string of the molecule is CCOC(=O)N1CC(Cc2ccccc2)(c2cccc(OCCNS(=O)(=O)c3cn(C)cn3)c2)C1. The van der Waals surface area contributed by atoms with Crippen LogP contribution >= 0.6 is 0 Å². The first-order chi connectivity index (χ1) is 16.8. The van der Waals surface area contributed by atoms with E-state index in [1.807, 2.05) is 42.5 Å². The Labute approximate surface area is 205 Å². The highest BCUT2D eigenvalue weighted by molar-refractivity contribution is 7.89. The average molecular weight is 499 g/mol. The number of imidazole rings is 1. The van der Waals surface area contributed by atoms with Crippen molar-refractivity contribution in [2.75, 3.05) is 32.8 Å². The number of aromatic nitrogens is 2. The van der Waals surface area contributed by atoms with Gasteiger partial charge in [0.05, 0.1) is 12.9 Å². The molecule has 1 aromatic heterocycles. The second-order valence-electron chi connectivity index (χ2n) is 8.65. The van der Waals surface area contributed by atoms with Crippen molar-refractivity contribution in [2.45, 2.75) is 23.8 Å². The van der Waals surface area contributed by atoms with E-state index in [9.17, 15) is 13.2 Å². The molecule has 10 heteroatoms. The second kappa shape index (κ2) is 10.5. The van der Waals surface area contributed by atoms with E-state index >= 15 is 0 Å². The van der Waals surface area contributed by atoms with Crippen LogP contribution < -0.4 is 9.46 Å². The van der Waals surface area contributed by atoms with E-state index in [4.69, 9.17) is 9.47 Å². The molecule has 0 bridgehead atoms. The fraction of sp³-hybridized carbons (Fsp3) is 0.360. The van der Waals surface area contributed by atoms with Crippen LogP contribution in [-0.2, 0) is 33.6 Å². The van der Waals surface area contributed by atoms with Crippen LogP contribution in [0.25, 0.3) is 0 Å². The molecule has 0 atom stereocenters. The van der Waals surface area contributed by atoms with Gasteiger partial charge in [0.25, 0.3) is 10.0 Å². The fourth-order valence-corrected chi connectivity index (χ4v) is 5.26. The molecule has 2 heterocycles. The number of ether oxygens (including phenoxy) is 2. The van der Waals surface area contributed by atoms with Crippen LogP contribution in [-0.4, -0.2) is 61.8 Å². The third-order valence-electron chi connectivity index (χ3n) is 5.96. The summed E-state index contributed by atoms with van der Waals surface area (Å²) in [6.45, 7) is 3.51. The largest absolute Gasteiger partial charge is 0.492 e. The summed E-state index contributed by atoms with van der Waals surface area (Å²) < 4.78 is 39.7. The van der Waals surface area contributed by atoms with Crippen LogP contribution in [0.1, 0.15) is 18.1 Å². The second-order valence-corrected chi connectivity index (χ2v) is 10.4. The highest BCUT2D eigenvalue weighted by Crippen LogP contribution is 2.39. The fourth-order valence-electron chi connectivity index (χ4n) is 4.27. The van der Waals surface area contributed by atoms with Gasteiger partial charge in [0.15, 0.2) is 5.03 Å². The number of rotatable bonds is 10. The topological polar surface area (TPSA) is 103 Å². The van der Waals surface area contributed by atoms with Crippen LogP contribution in [0.5, 0.6) is 5.75 Å². The van der Waals surface area contributed by atoms with Gasteiger partial charge < -0.3 is 18.9 Å². The quantitative estimate of drug-likeness (QED) is 0.431. The Morgan fingerprint density at radius 1 is 1.14 bits per heavy atom. The van der Waals surface area contributed by atoms with Gasteiger partial charge in [-0.2, -0.15) is 0 Å². The van der Waals surface area contributed by atoms with Crippen molar-refractivity contribution >= 4 is 16.1 Å². The number of hydrogen-bond donors (Lipinski definition) is 1. The van der Waals surface area contributed by atoms with Crippen molar-refractivity contribution in [3.63, 3.8) is 0 Å². The molecule has 1 aliphatic heterocycles. The number of aryl methyl sites for hydroxylation is 1. The van der Waals surface area contributed by atoms with Crippen molar-refractivity contribution in [1.29, 1.82) is 0 Å². The van der Waals surface area contributed by atoms with Crippen LogP contribution in [0.2, 0.25) is 0 Å². The third kappa shape index (κ3) is 5.83. The molecule has 0 aliphatic carbocycles. The predicted molar refractivity (Wildman–Crippen MR) is 131 cm³/mol. The number of sulfonamides is 1. The molecule has 1 amide bonds. The van der Waals surface area contributed by atoms with Gasteiger partial charge in [-0.1, -0.05) is 42.5 Å². The van der Waals surface area contributed by atoms with E-state index in [1.165, 1.54) is 18.1 Å². The molecule has 3 aromatic rings. The summed E-state index contributed by atoms with van der Waals surface area (Å²) in [5.74, 6) is 0.640. The lowest BCUT2D eigenvalue weighted by molar-refractivity contribution is 0.0392. The van der Waals surface area contributed by atoms with Crippen molar-refractivity contribution < 1.29 is 22.7 Å². The first kappa shape index (κ1) is 24.7. The maximum Gasteiger partial charge on any atom is 0.409 e. The smallest absolute Gasteiger partial charge is 0.409 e. The van der Waals surface area contributed by atoms with Crippen LogP contribution in [0.3, 0.4) is 0 Å². The Morgan fingerprint density at radius 3 is 2.60 bits per heavy atom. The van der Waals surface area contributed by atoms with Gasteiger partial charge in [0.2, 0.25) is 0 Å². The van der Waals surface area contributed by atoms with Crippen LogP contribution in [0.15, 0.2) is 72.1 Å². The van der Waals surface area contributed by atoms with E-state index in [-0.39, 0.29) is 29.7 Å². The van der Waals surface area contributed by atoms with Crippen LogP contribution in [0, 0.1) is 0 Å². The minimum atomic E-state index is -3.69. The molecule has 1 N–H and O–H groups in total. The van der Waals surface area contributed by atoms with Crippen LogP contribution in [0.4, 0.5) is 4.79 Å². The molecular weight excluding hydrogens is 468 g/mol. The number of hydrogen-bond acceptors (Lipinski definition) is 6. The minimum absolute atomic E-state index is 0.0269. The maximum absolute atomic E-state index is 12.3. The summed E-state index contributed by atoms with van der Waals surface area (Å²) in [5, 5.41) is -0.0269. The monoisotopic (exact) mass is 498 g/mol. The molecule has 1 aliphatic rings. The van der Waals surface area contributed by atoms with Crippen molar-refractivity contribution in [1.82, 2.24) is 19.2 Å². The van der Waals surface area contributed by atoms with Gasteiger partial charge in [-0.15, -0.1) is 0 Å². The molecular formula is C25H30N4O5S. The number of nitrogens with zero attached hydrogens (tertiary/aromatic N) is 3. The summed E-state index contributed by atoms with van der Waals surface area (Å²) in [6, 6.07) is 18.0. The molecule has 2 aromatic carbocycles. The van der Waals surface area contributed by atoms with Gasteiger partial charge in [0.1, 0.15) is 12.4 Å². The van der Waals surface area contributed by atoms with E-state index in [1.54, 1.807) is 23.4 Å². The van der Waals surface area contributed by atoms with Gasteiger partial charge in [-0.25, -0.2) is 22.9 Å². The zero-order valence-corrected chi connectivity index (χ0v) is 20.7. The van der Waals surface area contributed by atoms with Gasteiger partial charge in [0, 0.05) is 38.3 Å². The highest BCUT2D eigenvalue weighted by atomic mass is 32.2. The lowest BCUT2D eigenvalue weighted by atomic mass is 9.69. The van der Waals surface area contributed by atoms with Gasteiger partial charge in [-0.05, 0) is 36.6 Å². The summed E-state index contributed by atoms with van der Waals surface area (Å²) in [5.41, 5.74) is 1.99. The van der Waals surface area contributed by atoms with Gasteiger partial charge in [-0.3, -0.25) is 0 Å². The Kier molecular flexibility index (Phi) is 7.42. The molecule has 35 heavy (non-hydrogen) atoms. The molecule has 4 rings (SSSR count). The number of amides is 1. The van der Waals surface area contributed by atoms with Crippen molar-refractivity contribution in [3.05, 3.63) is 78.2 Å². The Morgan fingerprint density at radius 2 is 1.91 bits per heavy atom. The molecule has 1 saturated heterocycles. The Bertz CT molecular complexity index is 1250.